The quantitative estimate of drug-likeness (QED) is 0.841. The summed E-state index contributed by atoms with van der Waals surface area (Å²) in [4.78, 5) is 0. The molecular weight excluding hydrogens is 285 g/mol. The normalized spacial score (nSPS) is 18.8. The molecular formula is C14H19Cl2NS. The van der Waals surface area contributed by atoms with Crippen molar-refractivity contribution in [2.24, 2.45) is 5.73 Å². The van der Waals surface area contributed by atoms with E-state index in [4.69, 9.17) is 28.9 Å². The van der Waals surface area contributed by atoms with Crippen LogP contribution in [0.3, 0.4) is 0 Å². The minimum atomic E-state index is -0.0249. The first kappa shape index (κ1) is 14.5. The lowest BCUT2D eigenvalue weighted by Crippen LogP contribution is -2.17. The van der Waals surface area contributed by atoms with Gasteiger partial charge in [-0.1, -0.05) is 42.5 Å². The van der Waals surface area contributed by atoms with Gasteiger partial charge in [0, 0.05) is 27.1 Å². The van der Waals surface area contributed by atoms with Gasteiger partial charge in [-0.15, -0.1) is 0 Å². The van der Waals surface area contributed by atoms with Crippen molar-refractivity contribution in [1.29, 1.82) is 0 Å². The summed E-state index contributed by atoms with van der Waals surface area (Å²) < 4.78 is 0. The number of hydrogen-bond acceptors (Lipinski definition) is 2. The summed E-state index contributed by atoms with van der Waals surface area (Å²) in [5, 5.41) is 2.20. The molecule has 0 bridgehead atoms. The Balaban J connectivity index is 1.90. The topological polar surface area (TPSA) is 26.0 Å². The van der Waals surface area contributed by atoms with E-state index in [1.807, 2.05) is 23.9 Å². The van der Waals surface area contributed by atoms with Crippen LogP contribution in [0.2, 0.25) is 10.0 Å². The fourth-order valence-electron chi connectivity index (χ4n) is 2.36. The van der Waals surface area contributed by atoms with Crippen LogP contribution < -0.4 is 5.73 Å². The van der Waals surface area contributed by atoms with E-state index in [2.05, 4.69) is 0 Å². The molecule has 100 valence electrons. The molecule has 1 atom stereocenters. The van der Waals surface area contributed by atoms with E-state index in [0.29, 0.717) is 5.02 Å². The van der Waals surface area contributed by atoms with Gasteiger partial charge in [0.25, 0.3) is 0 Å². The first-order valence-electron chi connectivity index (χ1n) is 6.49. The third-order valence-corrected chi connectivity index (χ3v) is 5.49. The second kappa shape index (κ2) is 7.04. The molecule has 1 nitrogen and oxygen atoms in total. The van der Waals surface area contributed by atoms with Gasteiger partial charge >= 0.3 is 0 Å². The third kappa shape index (κ3) is 4.06. The van der Waals surface area contributed by atoms with E-state index in [9.17, 15) is 0 Å². The molecule has 2 rings (SSSR count). The molecule has 1 fully saturated rings. The zero-order valence-corrected chi connectivity index (χ0v) is 12.7. The molecule has 1 aromatic rings. The molecule has 4 heteroatoms. The van der Waals surface area contributed by atoms with Crippen LogP contribution in [0.25, 0.3) is 0 Å². The van der Waals surface area contributed by atoms with Gasteiger partial charge < -0.3 is 5.73 Å². The van der Waals surface area contributed by atoms with E-state index in [0.717, 1.165) is 21.6 Å². The Kier molecular flexibility index (Phi) is 5.68. The zero-order chi connectivity index (χ0) is 13.0. The molecule has 1 aromatic carbocycles. The van der Waals surface area contributed by atoms with Crippen LogP contribution in [0.15, 0.2) is 18.2 Å². The summed E-state index contributed by atoms with van der Waals surface area (Å²) in [5.41, 5.74) is 7.18. The first-order valence-corrected chi connectivity index (χ1v) is 8.29. The Hall–Kier alpha value is 0.110. The van der Waals surface area contributed by atoms with Crippen molar-refractivity contribution in [1.82, 2.24) is 0 Å². The highest BCUT2D eigenvalue weighted by Crippen LogP contribution is 2.32. The SMILES string of the molecule is NC(CSC1CCCCC1)c1cc(Cl)ccc1Cl. The van der Waals surface area contributed by atoms with Gasteiger partial charge in [-0.3, -0.25) is 0 Å². The van der Waals surface area contributed by atoms with E-state index in [-0.39, 0.29) is 6.04 Å². The molecule has 0 aliphatic heterocycles. The Morgan fingerprint density at radius 1 is 1.22 bits per heavy atom. The summed E-state index contributed by atoms with van der Waals surface area (Å²) in [7, 11) is 0. The first-order chi connectivity index (χ1) is 8.66. The minimum Gasteiger partial charge on any atom is -0.323 e. The number of thioether (sulfide) groups is 1. The number of benzene rings is 1. The van der Waals surface area contributed by atoms with Crippen molar-refractivity contribution in [2.75, 3.05) is 5.75 Å². The molecule has 1 aliphatic carbocycles. The van der Waals surface area contributed by atoms with E-state index in [1.54, 1.807) is 6.07 Å². The van der Waals surface area contributed by atoms with Crippen molar-refractivity contribution in [3.8, 4) is 0 Å². The lowest BCUT2D eigenvalue weighted by molar-refractivity contribution is 0.515. The zero-order valence-electron chi connectivity index (χ0n) is 10.4. The predicted octanol–water partition coefficient (Wildman–Crippen LogP) is 5.06. The molecule has 0 aromatic heterocycles. The van der Waals surface area contributed by atoms with Crippen molar-refractivity contribution in [2.45, 2.75) is 43.4 Å². The highest BCUT2D eigenvalue weighted by atomic mass is 35.5. The van der Waals surface area contributed by atoms with Crippen LogP contribution in [0.4, 0.5) is 0 Å². The lowest BCUT2D eigenvalue weighted by atomic mass is 10.0. The van der Waals surface area contributed by atoms with E-state index in [1.165, 1.54) is 32.1 Å². The van der Waals surface area contributed by atoms with Gasteiger partial charge in [-0.2, -0.15) is 11.8 Å². The van der Waals surface area contributed by atoms with Gasteiger partial charge in [0.2, 0.25) is 0 Å². The molecule has 0 heterocycles. The van der Waals surface area contributed by atoms with Crippen molar-refractivity contribution in [3.05, 3.63) is 33.8 Å². The highest BCUT2D eigenvalue weighted by Gasteiger charge is 2.17. The van der Waals surface area contributed by atoms with Gasteiger partial charge in [-0.25, -0.2) is 0 Å². The smallest absolute Gasteiger partial charge is 0.0455 e. The van der Waals surface area contributed by atoms with Crippen LogP contribution >= 0.6 is 35.0 Å². The van der Waals surface area contributed by atoms with Crippen LogP contribution in [-0.2, 0) is 0 Å². The van der Waals surface area contributed by atoms with Crippen molar-refractivity contribution in [3.63, 3.8) is 0 Å². The molecule has 0 saturated heterocycles. The molecule has 0 amide bonds. The van der Waals surface area contributed by atoms with Gasteiger partial charge in [0.15, 0.2) is 0 Å². The molecule has 0 spiro atoms. The summed E-state index contributed by atoms with van der Waals surface area (Å²) in [5.74, 6) is 0.921. The maximum absolute atomic E-state index is 6.22. The molecule has 1 aliphatic rings. The fraction of sp³-hybridized carbons (Fsp3) is 0.571. The Labute approximate surface area is 123 Å². The molecule has 2 N–H and O–H groups in total. The van der Waals surface area contributed by atoms with E-state index >= 15 is 0 Å². The molecule has 0 radical (unpaired) electrons. The largest absolute Gasteiger partial charge is 0.323 e. The van der Waals surface area contributed by atoms with Gasteiger partial charge in [0.05, 0.1) is 0 Å². The van der Waals surface area contributed by atoms with Crippen LogP contribution in [0, 0.1) is 0 Å². The average Bonchev–Trinajstić information content (AvgIpc) is 2.40. The number of nitrogens with two attached hydrogens (primary N) is 1. The Morgan fingerprint density at radius 2 is 1.94 bits per heavy atom. The van der Waals surface area contributed by atoms with Crippen LogP contribution in [0.1, 0.15) is 43.7 Å². The fourth-order valence-corrected chi connectivity index (χ4v) is 4.12. The third-order valence-electron chi connectivity index (χ3n) is 3.42. The molecule has 18 heavy (non-hydrogen) atoms. The lowest BCUT2D eigenvalue weighted by Gasteiger charge is -2.23. The maximum Gasteiger partial charge on any atom is 0.0455 e. The second-order valence-corrected chi connectivity index (χ2v) is 7.04. The highest BCUT2D eigenvalue weighted by molar-refractivity contribution is 7.99. The van der Waals surface area contributed by atoms with Crippen molar-refractivity contribution >= 4 is 35.0 Å². The summed E-state index contributed by atoms with van der Waals surface area (Å²) in [6.45, 7) is 0. The summed E-state index contributed by atoms with van der Waals surface area (Å²) in [6.07, 6.45) is 6.79. The van der Waals surface area contributed by atoms with E-state index < -0.39 is 0 Å². The predicted molar refractivity (Wildman–Crippen MR) is 82.7 cm³/mol. The number of hydrogen-bond donors (Lipinski definition) is 1. The standard InChI is InChI=1S/C14H19Cl2NS/c15-10-6-7-13(16)12(8-10)14(17)9-18-11-4-2-1-3-5-11/h6-8,11,14H,1-5,9,17H2. The summed E-state index contributed by atoms with van der Waals surface area (Å²) in [6, 6.07) is 5.48. The van der Waals surface area contributed by atoms with Gasteiger partial charge in [0.1, 0.15) is 0 Å². The Bertz CT molecular complexity index is 391. The number of halogens is 2. The maximum atomic E-state index is 6.22. The molecule has 1 saturated carbocycles. The monoisotopic (exact) mass is 303 g/mol. The number of rotatable bonds is 4. The minimum absolute atomic E-state index is 0.0249. The Morgan fingerprint density at radius 3 is 2.67 bits per heavy atom. The van der Waals surface area contributed by atoms with Gasteiger partial charge in [-0.05, 0) is 36.6 Å². The molecule has 1 unspecified atom stereocenters. The van der Waals surface area contributed by atoms with Crippen molar-refractivity contribution < 1.29 is 0 Å². The average molecular weight is 304 g/mol. The summed E-state index contributed by atoms with van der Waals surface area (Å²) >= 11 is 14.1. The van der Waals surface area contributed by atoms with Crippen LogP contribution in [0.5, 0.6) is 0 Å². The van der Waals surface area contributed by atoms with Crippen LogP contribution in [-0.4, -0.2) is 11.0 Å². The second-order valence-electron chi connectivity index (χ2n) is 4.87.